The lowest BCUT2D eigenvalue weighted by Crippen LogP contribution is -2.41. The van der Waals surface area contributed by atoms with Crippen LogP contribution in [0.5, 0.6) is 0 Å². The molecule has 3 aromatic rings. The maximum Gasteiger partial charge on any atom is 0.285 e. The number of fused-ring (bicyclic) bond motifs is 1. The van der Waals surface area contributed by atoms with Crippen molar-refractivity contribution < 1.29 is 9.72 Å². The van der Waals surface area contributed by atoms with E-state index >= 15 is 0 Å². The van der Waals surface area contributed by atoms with Gasteiger partial charge in [0.15, 0.2) is 0 Å². The van der Waals surface area contributed by atoms with Gasteiger partial charge in [0.05, 0.1) is 26.3 Å². The zero-order chi connectivity index (χ0) is 20.5. The minimum atomic E-state index is -0.586. The molecule has 1 saturated heterocycles. The summed E-state index contributed by atoms with van der Waals surface area (Å²) in [6.07, 6.45) is 2.67. The van der Waals surface area contributed by atoms with Gasteiger partial charge in [0, 0.05) is 36.2 Å². The molecule has 1 aliphatic heterocycles. The van der Waals surface area contributed by atoms with Crippen molar-refractivity contribution in [2.75, 3.05) is 13.1 Å². The molecule has 150 valence electrons. The number of thiazole rings is 1. The summed E-state index contributed by atoms with van der Waals surface area (Å²) >= 11 is 7.68. The Balaban J connectivity index is 1.41. The lowest BCUT2D eigenvalue weighted by molar-refractivity contribution is -0.385. The number of rotatable bonds is 4. The van der Waals surface area contributed by atoms with Crippen molar-refractivity contribution >= 4 is 44.7 Å². The second kappa shape index (κ2) is 7.92. The van der Waals surface area contributed by atoms with E-state index in [0.717, 1.165) is 51.0 Å². The van der Waals surface area contributed by atoms with E-state index in [2.05, 4.69) is 0 Å². The number of benzene rings is 1. The van der Waals surface area contributed by atoms with Crippen LogP contribution in [0.2, 0.25) is 5.02 Å². The molecule has 0 spiro atoms. The normalized spacial score (nSPS) is 15.0. The van der Waals surface area contributed by atoms with Crippen molar-refractivity contribution in [1.82, 2.24) is 14.5 Å². The number of hydrogen-bond acceptors (Lipinski definition) is 6. The Kier molecular flexibility index (Phi) is 5.33. The smallest absolute Gasteiger partial charge is 0.285 e. The zero-order valence-electron chi connectivity index (χ0n) is 15.3. The van der Waals surface area contributed by atoms with Gasteiger partial charge in [0.2, 0.25) is 5.91 Å². The summed E-state index contributed by atoms with van der Waals surface area (Å²) in [7, 11) is 0. The molecule has 8 nitrogen and oxygen atoms in total. The molecule has 3 heterocycles. The van der Waals surface area contributed by atoms with E-state index in [9.17, 15) is 19.7 Å². The number of nitrogens with zero attached hydrogens (tertiary/aromatic N) is 4. The molecular formula is C19H17ClN4O4S. The van der Waals surface area contributed by atoms with E-state index in [0.29, 0.717) is 18.1 Å². The van der Waals surface area contributed by atoms with Crippen LogP contribution < -0.4 is 5.56 Å². The number of carbonyl (C=O) groups excluding carboxylic acids is 1. The number of amides is 1. The van der Waals surface area contributed by atoms with Crippen LogP contribution in [0.1, 0.15) is 23.8 Å². The topological polar surface area (TPSA) is 98.3 Å². The maximum absolute atomic E-state index is 12.6. The molecule has 4 rings (SSSR count). The van der Waals surface area contributed by atoms with Crippen LogP contribution in [0, 0.1) is 10.1 Å². The van der Waals surface area contributed by atoms with Crippen molar-refractivity contribution in [3.8, 4) is 0 Å². The Morgan fingerprint density at radius 3 is 2.76 bits per heavy atom. The fraction of sp³-hybridized carbons (Fsp3) is 0.316. The molecule has 0 bridgehead atoms. The quantitative estimate of drug-likeness (QED) is 0.464. The Bertz CT molecular complexity index is 1150. The third kappa shape index (κ3) is 4.15. The summed E-state index contributed by atoms with van der Waals surface area (Å²) in [5, 5.41) is 12.6. The fourth-order valence-electron chi connectivity index (χ4n) is 3.46. The van der Waals surface area contributed by atoms with Crippen LogP contribution in [-0.2, 0) is 11.3 Å². The predicted molar refractivity (Wildman–Crippen MR) is 111 cm³/mol. The molecule has 0 aliphatic carbocycles. The van der Waals surface area contributed by atoms with Crippen LogP contribution in [0.15, 0.2) is 41.3 Å². The van der Waals surface area contributed by atoms with Crippen molar-refractivity contribution in [2.24, 2.45) is 0 Å². The molecule has 0 unspecified atom stereocenters. The molecule has 29 heavy (non-hydrogen) atoms. The highest BCUT2D eigenvalue weighted by atomic mass is 35.5. The first-order valence-electron chi connectivity index (χ1n) is 9.09. The van der Waals surface area contributed by atoms with E-state index in [1.54, 1.807) is 16.2 Å². The van der Waals surface area contributed by atoms with Crippen LogP contribution in [0.3, 0.4) is 0 Å². The number of pyridine rings is 1. The van der Waals surface area contributed by atoms with Crippen LogP contribution in [0.25, 0.3) is 10.2 Å². The lowest BCUT2D eigenvalue weighted by Gasteiger charge is -2.31. The summed E-state index contributed by atoms with van der Waals surface area (Å²) < 4.78 is 2.18. The molecule has 2 aromatic heterocycles. The Morgan fingerprint density at radius 2 is 2.03 bits per heavy atom. The third-order valence-electron chi connectivity index (χ3n) is 5.05. The lowest BCUT2D eigenvalue weighted by atomic mass is 9.97. The van der Waals surface area contributed by atoms with Gasteiger partial charge in [-0.25, -0.2) is 4.98 Å². The largest absolute Gasteiger partial charge is 0.341 e. The standard InChI is InChI=1S/C19H17ClN4O4S/c20-13-1-3-16-15(9-13)21-19(29-16)12-5-7-22(8-6-12)18(26)11-23-10-14(24(27)28)2-4-17(23)25/h1-4,9-10,12H,5-8,11H2. The van der Waals surface area contributed by atoms with Gasteiger partial charge in [-0.1, -0.05) is 11.6 Å². The number of carbonyl (C=O) groups is 1. The van der Waals surface area contributed by atoms with Gasteiger partial charge in [0.25, 0.3) is 11.2 Å². The van der Waals surface area contributed by atoms with Gasteiger partial charge in [-0.05, 0) is 31.0 Å². The van der Waals surface area contributed by atoms with Gasteiger partial charge in [-0.3, -0.25) is 24.3 Å². The number of likely N-dealkylation sites (tertiary alicyclic amines) is 1. The number of hydrogen-bond donors (Lipinski definition) is 0. The molecule has 1 aromatic carbocycles. The summed E-state index contributed by atoms with van der Waals surface area (Å²) in [5.41, 5.74) is 0.236. The van der Waals surface area contributed by atoms with E-state index in [-0.39, 0.29) is 24.1 Å². The van der Waals surface area contributed by atoms with Gasteiger partial charge >= 0.3 is 0 Å². The van der Waals surface area contributed by atoms with Crippen LogP contribution >= 0.6 is 22.9 Å². The first-order valence-corrected chi connectivity index (χ1v) is 10.3. The maximum atomic E-state index is 12.6. The van der Waals surface area contributed by atoms with Crippen molar-refractivity contribution in [2.45, 2.75) is 25.3 Å². The summed E-state index contributed by atoms with van der Waals surface area (Å²) in [5.74, 6) is 0.0536. The average molecular weight is 433 g/mol. The van der Waals surface area contributed by atoms with E-state index in [4.69, 9.17) is 16.6 Å². The predicted octanol–water partition coefficient (Wildman–Crippen LogP) is 3.43. The van der Waals surface area contributed by atoms with E-state index < -0.39 is 10.5 Å². The van der Waals surface area contributed by atoms with Gasteiger partial charge in [-0.15, -0.1) is 11.3 Å². The van der Waals surface area contributed by atoms with Gasteiger partial charge < -0.3 is 4.90 Å². The number of halogens is 1. The van der Waals surface area contributed by atoms with Crippen LogP contribution in [0.4, 0.5) is 5.69 Å². The van der Waals surface area contributed by atoms with Gasteiger partial charge in [-0.2, -0.15) is 0 Å². The Morgan fingerprint density at radius 1 is 1.28 bits per heavy atom. The van der Waals surface area contributed by atoms with E-state index in [1.807, 2.05) is 18.2 Å². The third-order valence-corrected chi connectivity index (χ3v) is 6.48. The molecule has 1 aliphatic rings. The van der Waals surface area contributed by atoms with Crippen molar-refractivity contribution in [1.29, 1.82) is 0 Å². The van der Waals surface area contributed by atoms with E-state index in [1.165, 1.54) is 0 Å². The highest BCUT2D eigenvalue weighted by Gasteiger charge is 2.26. The molecule has 0 atom stereocenters. The molecule has 10 heteroatoms. The zero-order valence-corrected chi connectivity index (χ0v) is 16.9. The summed E-state index contributed by atoms with van der Waals surface area (Å²) in [6.45, 7) is 0.915. The molecule has 0 radical (unpaired) electrons. The SMILES string of the molecule is O=C(Cn1cc([N+](=O)[O-])ccc1=O)N1CCC(c2nc3cc(Cl)ccc3s2)CC1. The van der Waals surface area contributed by atoms with Gasteiger partial charge in [0.1, 0.15) is 6.54 Å². The molecule has 0 N–H and O–H groups in total. The van der Waals surface area contributed by atoms with Crippen molar-refractivity contribution in [3.63, 3.8) is 0 Å². The minimum Gasteiger partial charge on any atom is -0.341 e. The van der Waals surface area contributed by atoms with Crippen LogP contribution in [-0.4, -0.2) is 38.4 Å². The monoisotopic (exact) mass is 432 g/mol. The summed E-state index contributed by atoms with van der Waals surface area (Å²) in [4.78, 5) is 41.2. The first kappa shape index (κ1) is 19.5. The Hall–Kier alpha value is -2.78. The summed E-state index contributed by atoms with van der Waals surface area (Å²) in [6, 6.07) is 7.92. The molecule has 1 fully saturated rings. The fourth-order valence-corrected chi connectivity index (χ4v) is 4.75. The first-order chi connectivity index (χ1) is 13.9. The second-order valence-corrected chi connectivity index (χ2v) is 8.43. The number of aromatic nitrogens is 2. The second-order valence-electron chi connectivity index (χ2n) is 6.93. The van der Waals surface area contributed by atoms with Crippen molar-refractivity contribution in [3.05, 3.63) is 67.0 Å². The molecule has 0 saturated carbocycles. The Labute approximate surface area is 174 Å². The minimum absolute atomic E-state index is 0.204. The highest BCUT2D eigenvalue weighted by Crippen LogP contribution is 2.34. The average Bonchev–Trinajstić information content (AvgIpc) is 3.12. The molecular weight excluding hydrogens is 416 g/mol. The molecule has 1 amide bonds. The number of nitro groups is 1. The number of piperidine rings is 1. The highest BCUT2D eigenvalue weighted by molar-refractivity contribution is 7.18.